The summed E-state index contributed by atoms with van der Waals surface area (Å²) in [6, 6.07) is 56.7. The molecule has 0 aliphatic carbocycles. The second-order valence-electron chi connectivity index (χ2n) is 11.5. The highest BCUT2D eigenvalue weighted by atomic mass is 32.1. The van der Waals surface area contributed by atoms with Gasteiger partial charge in [0.25, 0.3) is 0 Å². The number of rotatable bonds is 4. The average molecular weight is 620 g/mol. The third-order valence-electron chi connectivity index (χ3n) is 8.93. The fourth-order valence-electron chi connectivity index (χ4n) is 7.00. The first-order chi connectivity index (χ1) is 22.8. The van der Waals surface area contributed by atoms with E-state index >= 15 is 0 Å². The Bertz CT molecular complexity index is 2650. The molecular formula is C43H25NS2. The van der Waals surface area contributed by atoms with Gasteiger partial charge in [-0.15, -0.1) is 22.7 Å². The number of thiophene rings is 2. The molecule has 0 saturated heterocycles. The fourth-order valence-corrected chi connectivity index (χ4v) is 9.26. The third kappa shape index (κ3) is 4.19. The molecule has 0 fully saturated rings. The molecule has 0 atom stereocenters. The first-order valence-electron chi connectivity index (χ1n) is 15.3. The molecule has 3 heteroatoms. The quantitative estimate of drug-likeness (QED) is 0.192. The van der Waals surface area contributed by atoms with Crippen LogP contribution >= 0.6 is 22.7 Å². The lowest BCUT2D eigenvalue weighted by Crippen LogP contribution is -1.95. The number of nitrogens with zero attached hydrogens (tertiary/aromatic N) is 1. The zero-order valence-corrected chi connectivity index (χ0v) is 26.3. The summed E-state index contributed by atoms with van der Waals surface area (Å²) in [6.07, 6.45) is 0. The zero-order chi connectivity index (χ0) is 30.6. The minimum atomic E-state index is 0.651. The Morgan fingerprint density at radius 1 is 0.391 bits per heavy atom. The number of hydrogen-bond donors (Lipinski definition) is 0. The Morgan fingerprint density at radius 3 is 1.46 bits per heavy atom. The summed E-state index contributed by atoms with van der Waals surface area (Å²) < 4.78 is 5.13. The maximum absolute atomic E-state index is 9.99. The average Bonchev–Trinajstić information content (AvgIpc) is 3.70. The molecule has 0 spiro atoms. The highest BCUT2D eigenvalue weighted by Crippen LogP contribution is 2.50. The van der Waals surface area contributed by atoms with Gasteiger partial charge in [-0.05, 0) is 80.9 Å². The van der Waals surface area contributed by atoms with Crippen LogP contribution in [-0.2, 0) is 0 Å². The second-order valence-corrected chi connectivity index (χ2v) is 13.7. The van der Waals surface area contributed by atoms with Gasteiger partial charge in [0.05, 0.1) is 11.6 Å². The van der Waals surface area contributed by atoms with Gasteiger partial charge in [-0.25, -0.2) is 0 Å². The van der Waals surface area contributed by atoms with E-state index in [9.17, 15) is 5.26 Å². The zero-order valence-electron chi connectivity index (χ0n) is 24.7. The van der Waals surface area contributed by atoms with E-state index in [4.69, 9.17) is 0 Å². The highest BCUT2D eigenvalue weighted by molar-refractivity contribution is 7.26. The summed E-state index contributed by atoms with van der Waals surface area (Å²) in [5, 5.41) is 15.1. The van der Waals surface area contributed by atoms with E-state index < -0.39 is 0 Å². The molecule has 0 radical (unpaired) electrons. The molecule has 9 rings (SSSR count). The minimum Gasteiger partial charge on any atom is -0.192 e. The van der Waals surface area contributed by atoms with E-state index in [0.717, 1.165) is 22.3 Å². The van der Waals surface area contributed by atoms with Crippen LogP contribution in [0, 0.1) is 11.3 Å². The Labute approximate surface area is 274 Å². The molecule has 0 unspecified atom stereocenters. The molecule has 0 amide bonds. The van der Waals surface area contributed by atoms with Crippen LogP contribution in [0.3, 0.4) is 0 Å². The lowest BCUT2D eigenvalue weighted by Gasteiger charge is -2.22. The van der Waals surface area contributed by atoms with Gasteiger partial charge in [-0.2, -0.15) is 5.26 Å². The van der Waals surface area contributed by atoms with Crippen LogP contribution in [0.2, 0.25) is 0 Å². The standard InChI is InChI=1S/C43H25NS2/c44-26-27-11-8-14-29(25-27)41-33(31-18-10-22-39-43(31)35-16-5-7-20-37(35)46-39)24-23-32(40(41)28-12-2-1-3-13-28)30-17-9-21-38-42(30)34-15-4-6-19-36(34)45-38/h1-25H. The normalized spacial score (nSPS) is 11.5. The summed E-state index contributed by atoms with van der Waals surface area (Å²) in [5.74, 6) is 0. The van der Waals surface area contributed by atoms with Gasteiger partial charge in [-0.3, -0.25) is 0 Å². The molecule has 0 saturated carbocycles. The second kappa shape index (κ2) is 10.8. The SMILES string of the molecule is N#Cc1cccc(-c2c(-c3cccc4sc5ccccc5c34)ccc(-c3cccc4sc5ccccc5c34)c2-c2ccccc2)c1. The summed E-state index contributed by atoms with van der Waals surface area (Å²) in [5.41, 5.74) is 9.92. The molecular weight excluding hydrogens is 595 g/mol. The van der Waals surface area contributed by atoms with Crippen molar-refractivity contribution in [2.45, 2.75) is 0 Å². The predicted octanol–water partition coefficient (Wildman–Crippen LogP) is 13.0. The first kappa shape index (κ1) is 26.8. The van der Waals surface area contributed by atoms with Gasteiger partial charge in [0.2, 0.25) is 0 Å². The van der Waals surface area contributed by atoms with Gasteiger partial charge < -0.3 is 0 Å². The van der Waals surface area contributed by atoms with Crippen LogP contribution in [0.4, 0.5) is 0 Å². The van der Waals surface area contributed by atoms with Crippen molar-refractivity contribution in [3.05, 3.63) is 157 Å². The lowest BCUT2D eigenvalue weighted by atomic mass is 9.81. The molecule has 0 aliphatic heterocycles. The van der Waals surface area contributed by atoms with Gasteiger partial charge >= 0.3 is 0 Å². The van der Waals surface area contributed by atoms with Gasteiger partial charge in [-0.1, -0.05) is 115 Å². The van der Waals surface area contributed by atoms with Crippen molar-refractivity contribution in [2.24, 2.45) is 0 Å². The van der Waals surface area contributed by atoms with Crippen molar-refractivity contribution in [1.82, 2.24) is 0 Å². The Kier molecular flexibility index (Phi) is 6.31. The predicted molar refractivity (Wildman–Crippen MR) is 199 cm³/mol. The summed E-state index contributed by atoms with van der Waals surface area (Å²) in [7, 11) is 0. The van der Waals surface area contributed by atoms with E-state index in [1.807, 2.05) is 40.9 Å². The molecule has 1 nitrogen and oxygen atoms in total. The van der Waals surface area contributed by atoms with Crippen molar-refractivity contribution in [2.75, 3.05) is 0 Å². The molecule has 9 aromatic rings. The Morgan fingerprint density at radius 2 is 0.870 bits per heavy atom. The maximum Gasteiger partial charge on any atom is 0.0991 e. The van der Waals surface area contributed by atoms with Crippen molar-refractivity contribution in [3.8, 4) is 50.6 Å². The Hall–Kier alpha value is -5.53. The number of nitriles is 1. The van der Waals surface area contributed by atoms with Crippen molar-refractivity contribution in [1.29, 1.82) is 5.26 Å². The number of fused-ring (bicyclic) bond motifs is 6. The molecule has 46 heavy (non-hydrogen) atoms. The van der Waals surface area contributed by atoms with E-state index in [1.165, 1.54) is 62.6 Å². The largest absolute Gasteiger partial charge is 0.192 e. The van der Waals surface area contributed by atoms with Crippen LogP contribution in [-0.4, -0.2) is 0 Å². The van der Waals surface area contributed by atoms with Crippen molar-refractivity contribution >= 4 is 63.0 Å². The summed E-state index contributed by atoms with van der Waals surface area (Å²) >= 11 is 3.69. The van der Waals surface area contributed by atoms with Crippen LogP contribution in [0.25, 0.3) is 84.9 Å². The van der Waals surface area contributed by atoms with Crippen molar-refractivity contribution < 1.29 is 0 Å². The summed E-state index contributed by atoms with van der Waals surface area (Å²) in [6.45, 7) is 0. The van der Waals surface area contributed by atoms with E-state index in [0.29, 0.717) is 5.56 Å². The molecule has 0 aliphatic rings. The molecule has 214 valence electrons. The van der Waals surface area contributed by atoms with Crippen LogP contribution < -0.4 is 0 Å². The molecule has 0 bridgehead atoms. The van der Waals surface area contributed by atoms with Crippen LogP contribution in [0.1, 0.15) is 5.56 Å². The monoisotopic (exact) mass is 619 g/mol. The minimum absolute atomic E-state index is 0.651. The van der Waals surface area contributed by atoms with Gasteiger partial charge in [0.15, 0.2) is 0 Å². The summed E-state index contributed by atoms with van der Waals surface area (Å²) in [4.78, 5) is 0. The lowest BCUT2D eigenvalue weighted by molar-refractivity contribution is 1.48. The molecule has 0 N–H and O–H groups in total. The molecule has 2 heterocycles. The van der Waals surface area contributed by atoms with E-state index in [2.05, 4.69) is 140 Å². The first-order valence-corrected chi connectivity index (χ1v) is 17.0. The van der Waals surface area contributed by atoms with Gasteiger partial charge in [0, 0.05) is 40.3 Å². The number of hydrogen-bond acceptors (Lipinski definition) is 3. The highest BCUT2D eigenvalue weighted by Gasteiger charge is 2.23. The van der Waals surface area contributed by atoms with E-state index in [-0.39, 0.29) is 0 Å². The maximum atomic E-state index is 9.99. The third-order valence-corrected chi connectivity index (χ3v) is 11.2. The van der Waals surface area contributed by atoms with Crippen molar-refractivity contribution in [3.63, 3.8) is 0 Å². The molecule has 7 aromatic carbocycles. The van der Waals surface area contributed by atoms with E-state index in [1.54, 1.807) is 0 Å². The fraction of sp³-hybridized carbons (Fsp3) is 0. The molecule has 2 aromatic heterocycles. The topological polar surface area (TPSA) is 23.8 Å². The van der Waals surface area contributed by atoms with Crippen LogP contribution in [0.15, 0.2) is 152 Å². The smallest absolute Gasteiger partial charge is 0.0991 e. The number of benzene rings is 7. The van der Waals surface area contributed by atoms with Crippen LogP contribution in [0.5, 0.6) is 0 Å². The van der Waals surface area contributed by atoms with Gasteiger partial charge in [0.1, 0.15) is 0 Å². The Balaban J connectivity index is 1.46.